The molecule has 0 bridgehead atoms. The third-order valence-corrected chi connectivity index (χ3v) is 2.72. The molecule has 0 aliphatic carbocycles. The standard InChI is InChI=1S/C11H12N2O5/c14-11(15)9-5-7(1-2-10(9)13(16)17)12-8-3-4-18-6-8/h1-2,5,8,12H,3-4,6H2,(H,14,15). The Hall–Kier alpha value is -2.15. The van der Waals surface area contributed by atoms with Crippen LogP contribution in [0.1, 0.15) is 16.8 Å². The van der Waals surface area contributed by atoms with Crippen LogP contribution in [-0.4, -0.2) is 35.3 Å². The maximum absolute atomic E-state index is 11.0. The van der Waals surface area contributed by atoms with Crippen molar-refractivity contribution in [2.75, 3.05) is 18.5 Å². The van der Waals surface area contributed by atoms with Crippen LogP contribution in [0.3, 0.4) is 0 Å². The first-order valence-corrected chi connectivity index (χ1v) is 5.44. The minimum atomic E-state index is -1.31. The van der Waals surface area contributed by atoms with E-state index in [1.807, 2.05) is 0 Å². The Labute approximate surface area is 103 Å². The van der Waals surface area contributed by atoms with Gasteiger partial charge in [0.15, 0.2) is 0 Å². The molecule has 7 heteroatoms. The van der Waals surface area contributed by atoms with Crippen LogP contribution in [-0.2, 0) is 4.74 Å². The molecule has 1 atom stereocenters. The number of nitro benzene ring substituents is 1. The molecule has 0 amide bonds. The summed E-state index contributed by atoms with van der Waals surface area (Å²) in [6.45, 7) is 1.22. The van der Waals surface area contributed by atoms with E-state index >= 15 is 0 Å². The second kappa shape index (κ2) is 5.01. The average Bonchev–Trinajstić information content (AvgIpc) is 2.81. The molecule has 1 fully saturated rings. The molecule has 0 aromatic heterocycles. The van der Waals surface area contributed by atoms with E-state index in [1.54, 1.807) is 0 Å². The summed E-state index contributed by atoms with van der Waals surface area (Å²) in [7, 11) is 0. The average molecular weight is 252 g/mol. The van der Waals surface area contributed by atoms with Crippen LogP contribution in [0.15, 0.2) is 18.2 Å². The number of hydrogen-bond acceptors (Lipinski definition) is 5. The fourth-order valence-corrected chi connectivity index (χ4v) is 1.84. The number of anilines is 1. The molecule has 2 rings (SSSR count). The van der Waals surface area contributed by atoms with Gasteiger partial charge in [-0.2, -0.15) is 0 Å². The van der Waals surface area contributed by atoms with Crippen molar-refractivity contribution in [2.24, 2.45) is 0 Å². The fourth-order valence-electron chi connectivity index (χ4n) is 1.84. The third-order valence-electron chi connectivity index (χ3n) is 2.72. The van der Waals surface area contributed by atoms with Crippen LogP contribution in [0.4, 0.5) is 11.4 Å². The fraction of sp³-hybridized carbons (Fsp3) is 0.364. The highest BCUT2D eigenvalue weighted by Crippen LogP contribution is 2.24. The van der Waals surface area contributed by atoms with Crippen molar-refractivity contribution >= 4 is 17.3 Å². The third kappa shape index (κ3) is 2.57. The number of ether oxygens (including phenoxy) is 1. The summed E-state index contributed by atoms with van der Waals surface area (Å²) < 4.78 is 5.18. The Bertz CT molecular complexity index is 482. The van der Waals surface area contributed by atoms with Crippen molar-refractivity contribution in [1.29, 1.82) is 0 Å². The summed E-state index contributed by atoms with van der Waals surface area (Å²) in [5, 5.41) is 22.7. The topological polar surface area (TPSA) is 102 Å². The van der Waals surface area contributed by atoms with Crippen LogP contribution in [0.25, 0.3) is 0 Å². The van der Waals surface area contributed by atoms with Crippen molar-refractivity contribution in [1.82, 2.24) is 0 Å². The minimum Gasteiger partial charge on any atom is -0.477 e. The predicted molar refractivity (Wildman–Crippen MR) is 62.9 cm³/mol. The van der Waals surface area contributed by atoms with Crippen molar-refractivity contribution in [3.8, 4) is 0 Å². The molecular formula is C11H12N2O5. The van der Waals surface area contributed by atoms with Crippen LogP contribution in [0.2, 0.25) is 0 Å². The molecule has 18 heavy (non-hydrogen) atoms. The number of carboxylic acid groups (broad SMARTS) is 1. The minimum absolute atomic E-state index is 0.119. The summed E-state index contributed by atoms with van der Waals surface area (Å²) in [6.07, 6.45) is 0.833. The van der Waals surface area contributed by atoms with Crippen molar-refractivity contribution in [3.05, 3.63) is 33.9 Å². The van der Waals surface area contributed by atoms with E-state index in [0.29, 0.717) is 18.9 Å². The predicted octanol–water partition coefficient (Wildman–Crippen LogP) is 1.49. The van der Waals surface area contributed by atoms with Gasteiger partial charge < -0.3 is 15.2 Å². The van der Waals surface area contributed by atoms with Crippen LogP contribution < -0.4 is 5.32 Å². The second-order valence-electron chi connectivity index (χ2n) is 4.00. The quantitative estimate of drug-likeness (QED) is 0.621. The lowest BCUT2D eigenvalue weighted by atomic mass is 10.1. The Morgan fingerprint density at radius 2 is 2.33 bits per heavy atom. The molecule has 1 saturated heterocycles. The molecule has 0 saturated carbocycles. The molecule has 1 aromatic carbocycles. The maximum atomic E-state index is 11.0. The number of nitrogens with zero attached hydrogens (tertiary/aromatic N) is 1. The SMILES string of the molecule is O=C(O)c1cc(NC2CCOC2)ccc1[N+](=O)[O-]. The maximum Gasteiger partial charge on any atom is 0.342 e. The number of nitro groups is 1. The Balaban J connectivity index is 2.24. The van der Waals surface area contributed by atoms with E-state index in [2.05, 4.69) is 5.32 Å². The Kier molecular flexibility index (Phi) is 3.42. The normalized spacial score (nSPS) is 18.6. The number of carboxylic acids is 1. The molecular weight excluding hydrogens is 240 g/mol. The largest absolute Gasteiger partial charge is 0.477 e. The van der Waals surface area contributed by atoms with Gasteiger partial charge in [0.05, 0.1) is 17.6 Å². The molecule has 1 aliphatic heterocycles. The van der Waals surface area contributed by atoms with Crippen molar-refractivity contribution < 1.29 is 19.6 Å². The molecule has 0 spiro atoms. The molecule has 7 nitrogen and oxygen atoms in total. The van der Waals surface area contributed by atoms with Crippen LogP contribution in [0.5, 0.6) is 0 Å². The van der Waals surface area contributed by atoms with Gasteiger partial charge in [-0.05, 0) is 18.6 Å². The summed E-state index contributed by atoms with van der Waals surface area (Å²) >= 11 is 0. The zero-order chi connectivity index (χ0) is 13.1. The molecule has 1 heterocycles. The first-order chi connectivity index (χ1) is 8.58. The van der Waals surface area contributed by atoms with E-state index < -0.39 is 16.6 Å². The zero-order valence-corrected chi connectivity index (χ0v) is 9.46. The lowest BCUT2D eigenvalue weighted by Crippen LogP contribution is -2.19. The molecule has 0 radical (unpaired) electrons. The van der Waals surface area contributed by atoms with Crippen molar-refractivity contribution in [3.63, 3.8) is 0 Å². The van der Waals surface area contributed by atoms with E-state index in [1.165, 1.54) is 18.2 Å². The van der Waals surface area contributed by atoms with Crippen LogP contribution in [0, 0.1) is 10.1 Å². The number of rotatable bonds is 4. The number of hydrogen-bond donors (Lipinski definition) is 2. The van der Waals surface area contributed by atoms with E-state index in [-0.39, 0.29) is 11.6 Å². The van der Waals surface area contributed by atoms with Gasteiger partial charge in [-0.25, -0.2) is 4.79 Å². The summed E-state index contributed by atoms with van der Waals surface area (Å²) in [5.74, 6) is -1.31. The van der Waals surface area contributed by atoms with E-state index in [4.69, 9.17) is 9.84 Å². The van der Waals surface area contributed by atoms with Gasteiger partial charge >= 0.3 is 5.97 Å². The monoisotopic (exact) mass is 252 g/mol. The number of benzene rings is 1. The van der Waals surface area contributed by atoms with Gasteiger partial charge in [0.25, 0.3) is 5.69 Å². The van der Waals surface area contributed by atoms with Gasteiger partial charge in [0.1, 0.15) is 5.56 Å². The molecule has 2 N–H and O–H groups in total. The second-order valence-corrected chi connectivity index (χ2v) is 4.00. The Morgan fingerprint density at radius 1 is 1.56 bits per heavy atom. The van der Waals surface area contributed by atoms with Gasteiger partial charge in [-0.15, -0.1) is 0 Å². The van der Waals surface area contributed by atoms with Gasteiger partial charge in [-0.1, -0.05) is 0 Å². The first kappa shape index (κ1) is 12.3. The van der Waals surface area contributed by atoms with E-state index in [9.17, 15) is 14.9 Å². The summed E-state index contributed by atoms with van der Waals surface area (Å²) in [6, 6.07) is 4.09. The lowest BCUT2D eigenvalue weighted by molar-refractivity contribution is -0.385. The van der Waals surface area contributed by atoms with Gasteiger partial charge in [0, 0.05) is 18.4 Å². The number of carbonyl (C=O) groups is 1. The highest BCUT2D eigenvalue weighted by molar-refractivity contribution is 5.93. The summed E-state index contributed by atoms with van der Waals surface area (Å²) in [5.41, 5.74) is -0.173. The number of nitrogens with one attached hydrogen (secondary N) is 1. The molecule has 1 aliphatic rings. The highest BCUT2D eigenvalue weighted by atomic mass is 16.6. The lowest BCUT2D eigenvalue weighted by Gasteiger charge is -2.12. The summed E-state index contributed by atoms with van der Waals surface area (Å²) in [4.78, 5) is 20.9. The first-order valence-electron chi connectivity index (χ1n) is 5.44. The molecule has 1 unspecified atom stereocenters. The Morgan fingerprint density at radius 3 is 2.89 bits per heavy atom. The number of aromatic carboxylic acids is 1. The van der Waals surface area contributed by atoms with Gasteiger partial charge in [-0.3, -0.25) is 10.1 Å². The molecule has 1 aromatic rings. The van der Waals surface area contributed by atoms with Crippen molar-refractivity contribution in [2.45, 2.75) is 12.5 Å². The highest BCUT2D eigenvalue weighted by Gasteiger charge is 2.21. The van der Waals surface area contributed by atoms with Crippen LogP contribution >= 0.6 is 0 Å². The zero-order valence-electron chi connectivity index (χ0n) is 9.46. The smallest absolute Gasteiger partial charge is 0.342 e. The molecule has 96 valence electrons. The van der Waals surface area contributed by atoms with Gasteiger partial charge in [0.2, 0.25) is 0 Å². The van der Waals surface area contributed by atoms with E-state index in [0.717, 1.165) is 6.42 Å².